The zero-order valence-corrected chi connectivity index (χ0v) is 10.1. The van der Waals surface area contributed by atoms with Crippen LogP contribution in [0.15, 0.2) is 24.4 Å². The maximum atomic E-state index is 11.0. The topological polar surface area (TPSA) is 63.1 Å². The van der Waals surface area contributed by atoms with Gasteiger partial charge in [-0.05, 0) is 29.2 Å². The van der Waals surface area contributed by atoms with Crippen molar-refractivity contribution in [2.24, 2.45) is 0 Å². The van der Waals surface area contributed by atoms with Gasteiger partial charge in [0, 0.05) is 5.39 Å². The van der Waals surface area contributed by atoms with Crippen LogP contribution < -0.4 is 0 Å². The summed E-state index contributed by atoms with van der Waals surface area (Å²) in [7, 11) is 0. The van der Waals surface area contributed by atoms with Gasteiger partial charge in [-0.15, -0.1) is 0 Å². The van der Waals surface area contributed by atoms with Crippen LogP contribution in [-0.4, -0.2) is 21.3 Å². The van der Waals surface area contributed by atoms with E-state index in [9.17, 15) is 4.79 Å². The van der Waals surface area contributed by atoms with Crippen LogP contribution >= 0.6 is 0 Å². The van der Waals surface area contributed by atoms with Crippen molar-refractivity contribution < 1.29 is 9.90 Å². The average molecular weight is 230 g/mol. The maximum absolute atomic E-state index is 11.0. The highest BCUT2D eigenvalue weighted by Crippen LogP contribution is 2.28. The van der Waals surface area contributed by atoms with Crippen molar-refractivity contribution in [2.75, 3.05) is 0 Å². The second-order valence-corrected chi connectivity index (χ2v) is 5.05. The van der Waals surface area contributed by atoms with Gasteiger partial charge < -0.3 is 5.11 Å². The first-order valence-electron chi connectivity index (χ1n) is 5.39. The summed E-state index contributed by atoms with van der Waals surface area (Å²) in [5.41, 5.74) is 1.91. The summed E-state index contributed by atoms with van der Waals surface area (Å²) in [5.74, 6) is -0.927. The average Bonchev–Trinajstić information content (AvgIpc) is 2.26. The number of aromatic carboxylic acids is 1. The number of rotatable bonds is 1. The van der Waals surface area contributed by atoms with Crippen LogP contribution in [0.2, 0.25) is 0 Å². The number of carboxylic acids is 1. The highest BCUT2D eigenvalue weighted by Gasteiger charge is 2.18. The van der Waals surface area contributed by atoms with Crippen LogP contribution in [-0.2, 0) is 5.41 Å². The number of hydrogen-bond donors (Lipinski definition) is 1. The third-order valence-corrected chi connectivity index (χ3v) is 2.69. The van der Waals surface area contributed by atoms with E-state index in [0.717, 1.165) is 16.5 Å². The summed E-state index contributed by atoms with van der Waals surface area (Å²) >= 11 is 0. The summed E-state index contributed by atoms with van der Waals surface area (Å²) in [6.45, 7) is 6.20. The Hall–Kier alpha value is -1.97. The van der Waals surface area contributed by atoms with Crippen molar-refractivity contribution >= 4 is 16.9 Å². The van der Waals surface area contributed by atoms with Gasteiger partial charge in [0.15, 0.2) is 0 Å². The molecule has 2 aromatic rings. The largest absolute Gasteiger partial charge is 0.478 e. The summed E-state index contributed by atoms with van der Waals surface area (Å²) < 4.78 is 0. The van der Waals surface area contributed by atoms with Gasteiger partial charge in [-0.25, -0.2) is 4.79 Å². The maximum Gasteiger partial charge on any atom is 0.335 e. The normalized spacial score (nSPS) is 11.7. The van der Waals surface area contributed by atoms with E-state index in [4.69, 9.17) is 5.11 Å². The van der Waals surface area contributed by atoms with Gasteiger partial charge in [0.1, 0.15) is 0 Å². The molecule has 0 aliphatic heterocycles. The molecule has 0 bridgehead atoms. The summed E-state index contributed by atoms with van der Waals surface area (Å²) in [6.07, 6.45) is 1.70. The van der Waals surface area contributed by atoms with Gasteiger partial charge in [-0.3, -0.25) is 0 Å². The number of benzene rings is 1. The minimum Gasteiger partial charge on any atom is -0.478 e. The van der Waals surface area contributed by atoms with Crippen molar-refractivity contribution in [1.82, 2.24) is 10.2 Å². The lowest BCUT2D eigenvalue weighted by atomic mass is 9.85. The Morgan fingerprint density at radius 3 is 2.59 bits per heavy atom. The van der Waals surface area contributed by atoms with E-state index in [1.807, 2.05) is 0 Å². The molecule has 1 aromatic carbocycles. The van der Waals surface area contributed by atoms with Gasteiger partial charge >= 0.3 is 5.97 Å². The van der Waals surface area contributed by atoms with Gasteiger partial charge in [0.05, 0.1) is 17.3 Å². The van der Waals surface area contributed by atoms with E-state index in [0.29, 0.717) is 0 Å². The standard InChI is InChI=1S/C13H14N2O2/c1-13(2,3)10-7-14-15-11-5-4-8(12(16)17)6-9(10)11/h4-7H,1-3H3,(H,16,17). The highest BCUT2D eigenvalue weighted by molar-refractivity contribution is 5.94. The summed E-state index contributed by atoms with van der Waals surface area (Å²) in [4.78, 5) is 11.0. The molecule has 1 heterocycles. The molecule has 0 atom stereocenters. The van der Waals surface area contributed by atoms with Crippen molar-refractivity contribution in [3.63, 3.8) is 0 Å². The zero-order valence-electron chi connectivity index (χ0n) is 10.1. The van der Waals surface area contributed by atoms with Crippen LogP contribution in [0.5, 0.6) is 0 Å². The molecule has 0 saturated carbocycles. The molecular formula is C13H14N2O2. The Kier molecular flexibility index (Phi) is 2.58. The molecular weight excluding hydrogens is 216 g/mol. The molecule has 4 heteroatoms. The second-order valence-electron chi connectivity index (χ2n) is 5.05. The predicted molar refractivity (Wildman–Crippen MR) is 65.2 cm³/mol. The molecule has 0 saturated heterocycles. The summed E-state index contributed by atoms with van der Waals surface area (Å²) in [5, 5.41) is 17.8. The minimum absolute atomic E-state index is 0.0919. The first-order valence-corrected chi connectivity index (χ1v) is 5.39. The van der Waals surface area contributed by atoms with E-state index in [1.165, 1.54) is 0 Å². The Labute approximate surface area is 99.3 Å². The molecule has 0 aliphatic rings. The monoisotopic (exact) mass is 230 g/mol. The molecule has 0 radical (unpaired) electrons. The second kappa shape index (κ2) is 3.80. The van der Waals surface area contributed by atoms with E-state index in [1.54, 1.807) is 24.4 Å². The quantitative estimate of drug-likeness (QED) is 0.818. The number of carboxylic acid groups (broad SMARTS) is 1. The van der Waals surface area contributed by atoms with Crippen molar-refractivity contribution in [3.8, 4) is 0 Å². The van der Waals surface area contributed by atoms with Crippen LogP contribution in [0.1, 0.15) is 36.7 Å². The first kappa shape index (κ1) is 11.5. The molecule has 2 rings (SSSR count). The van der Waals surface area contributed by atoms with E-state index in [-0.39, 0.29) is 11.0 Å². The van der Waals surface area contributed by atoms with Crippen molar-refractivity contribution in [3.05, 3.63) is 35.5 Å². The van der Waals surface area contributed by atoms with Gasteiger partial charge in [0.25, 0.3) is 0 Å². The summed E-state index contributed by atoms with van der Waals surface area (Å²) in [6, 6.07) is 4.90. The Bertz CT molecular complexity index is 585. The number of nitrogens with zero attached hydrogens (tertiary/aromatic N) is 2. The van der Waals surface area contributed by atoms with Gasteiger partial charge in [-0.1, -0.05) is 20.8 Å². The lowest BCUT2D eigenvalue weighted by Crippen LogP contribution is -2.13. The van der Waals surface area contributed by atoms with Crippen molar-refractivity contribution in [2.45, 2.75) is 26.2 Å². The molecule has 17 heavy (non-hydrogen) atoms. The van der Waals surface area contributed by atoms with Crippen LogP contribution in [0.3, 0.4) is 0 Å². The molecule has 4 nitrogen and oxygen atoms in total. The molecule has 0 amide bonds. The van der Waals surface area contributed by atoms with Crippen LogP contribution in [0, 0.1) is 0 Å². The smallest absolute Gasteiger partial charge is 0.335 e. The van der Waals surface area contributed by atoms with E-state index >= 15 is 0 Å². The third kappa shape index (κ3) is 2.11. The molecule has 0 spiro atoms. The number of fused-ring (bicyclic) bond motifs is 1. The van der Waals surface area contributed by atoms with E-state index < -0.39 is 5.97 Å². The SMILES string of the molecule is CC(C)(C)c1cnnc2ccc(C(=O)O)cc12. The molecule has 0 unspecified atom stereocenters. The Morgan fingerprint density at radius 1 is 1.29 bits per heavy atom. The molecule has 0 fully saturated rings. The number of hydrogen-bond acceptors (Lipinski definition) is 3. The van der Waals surface area contributed by atoms with Crippen LogP contribution in [0.4, 0.5) is 0 Å². The zero-order chi connectivity index (χ0) is 12.6. The first-order chi connectivity index (χ1) is 7.89. The van der Waals surface area contributed by atoms with Gasteiger partial charge in [-0.2, -0.15) is 10.2 Å². The molecule has 1 N–H and O–H groups in total. The molecule has 88 valence electrons. The van der Waals surface area contributed by atoms with Crippen LogP contribution in [0.25, 0.3) is 10.9 Å². The van der Waals surface area contributed by atoms with E-state index in [2.05, 4.69) is 31.0 Å². The van der Waals surface area contributed by atoms with Gasteiger partial charge in [0.2, 0.25) is 0 Å². The lowest BCUT2D eigenvalue weighted by Gasteiger charge is -2.20. The number of carbonyl (C=O) groups is 1. The van der Waals surface area contributed by atoms with Crippen molar-refractivity contribution in [1.29, 1.82) is 0 Å². The highest BCUT2D eigenvalue weighted by atomic mass is 16.4. The minimum atomic E-state index is -0.927. The Morgan fingerprint density at radius 2 is 2.00 bits per heavy atom. The third-order valence-electron chi connectivity index (χ3n) is 2.69. The number of aromatic nitrogens is 2. The lowest BCUT2D eigenvalue weighted by molar-refractivity contribution is 0.0697. The fourth-order valence-electron chi connectivity index (χ4n) is 1.79. The fourth-order valence-corrected chi connectivity index (χ4v) is 1.79. The predicted octanol–water partition coefficient (Wildman–Crippen LogP) is 2.63. The Balaban J connectivity index is 2.77. The molecule has 0 aliphatic carbocycles. The fraction of sp³-hybridized carbons (Fsp3) is 0.308. The molecule has 1 aromatic heterocycles.